The van der Waals surface area contributed by atoms with E-state index in [0.717, 1.165) is 30.4 Å². The highest BCUT2D eigenvalue weighted by atomic mass is 19.3. The average Bonchev–Trinajstić information content (AvgIpc) is 3.68. The number of amides is 1. The highest BCUT2D eigenvalue weighted by Crippen LogP contribution is 2.37. The monoisotopic (exact) mass is 527 g/mol. The first-order valence-corrected chi connectivity index (χ1v) is 12.2. The molecule has 4 aromatic rings. The highest BCUT2D eigenvalue weighted by molar-refractivity contribution is 5.95. The second-order valence-electron chi connectivity index (χ2n) is 9.09. The van der Waals surface area contributed by atoms with Crippen molar-refractivity contribution in [3.63, 3.8) is 0 Å². The molecule has 2 aliphatic heterocycles. The third-order valence-electron chi connectivity index (χ3n) is 6.76. The van der Waals surface area contributed by atoms with Crippen molar-refractivity contribution in [2.24, 2.45) is 0 Å². The molecule has 0 radical (unpaired) electrons. The summed E-state index contributed by atoms with van der Waals surface area (Å²) in [5, 5.41) is 14.9. The summed E-state index contributed by atoms with van der Waals surface area (Å²) in [6.07, 6.45) is 0.392. The van der Waals surface area contributed by atoms with E-state index < -0.39 is 23.7 Å². The van der Waals surface area contributed by atoms with Gasteiger partial charge in [0.2, 0.25) is 5.88 Å². The number of halogens is 3. The Labute approximate surface area is 214 Å². The molecule has 2 N–H and O–H groups in total. The summed E-state index contributed by atoms with van der Waals surface area (Å²) < 4.78 is 57.7. The number of imidazole rings is 1. The number of aromatic nitrogens is 5. The number of rotatable bonds is 6. The summed E-state index contributed by atoms with van der Waals surface area (Å²) in [5.41, 5.74) is 1.66. The van der Waals surface area contributed by atoms with E-state index in [1.54, 1.807) is 12.3 Å². The second kappa shape index (κ2) is 9.72. The van der Waals surface area contributed by atoms with Gasteiger partial charge in [0, 0.05) is 43.2 Å². The van der Waals surface area contributed by atoms with Gasteiger partial charge in [0.05, 0.1) is 54.7 Å². The molecule has 0 saturated carbocycles. The van der Waals surface area contributed by atoms with Crippen molar-refractivity contribution < 1.29 is 27.4 Å². The van der Waals surface area contributed by atoms with E-state index in [2.05, 4.69) is 25.8 Å². The van der Waals surface area contributed by atoms with Gasteiger partial charge in [-0.25, -0.2) is 22.7 Å². The van der Waals surface area contributed by atoms with Crippen molar-refractivity contribution in [2.45, 2.75) is 32.0 Å². The van der Waals surface area contributed by atoms with Crippen LogP contribution in [-0.2, 0) is 17.8 Å². The second-order valence-corrected chi connectivity index (χ2v) is 9.09. The fraction of sp³-hybridized carbons (Fsp3) is 0.360. The Hall–Kier alpha value is -3.97. The molecule has 198 valence electrons. The van der Waals surface area contributed by atoms with Gasteiger partial charge in [0.15, 0.2) is 5.65 Å². The summed E-state index contributed by atoms with van der Waals surface area (Å²) in [6, 6.07) is 3.82. The standard InChI is InChI=1S/C25H24F3N7O3/c1-29-24(36)13-6-16(22(26)17(7-13)23(27)28)20-11-31-21-8-15(18-9-32-34-4-3-30-10-19(18)34)25(33-35(20)21)38-14-2-5-37-12-14/h6-9,11,14,23,30H,2-5,10,12H2,1H3,(H,29,36). The normalized spacial score (nSPS) is 17.2. The van der Waals surface area contributed by atoms with Crippen LogP contribution >= 0.6 is 0 Å². The van der Waals surface area contributed by atoms with E-state index >= 15 is 4.39 Å². The van der Waals surface area contributed by atoms with Crippen molar-refractivity contribution in [2.75, 3.05) is 26.8 Å². The average molecular weight is 528 g/mol. The Morgan fingerprint density at radius 1 is 1.24 bits per heavy atom. The van der Waals surface area contributed by atoms with Gasteiger partial charge in [-0.05, 0) is 18.2 Å². The molecule has 1 fully saturated rings. The van der Waals surface area contributed by atoms with E-state index in [-0.39, 0.29) is 28.8 Å². The fourth-order valence-corrected chi connectivity index (χ4v) is 4.80. The van der Waals surface area contributed by atoms with Crippen molar-refractivity contribution >= 4 is 11.6 Å². The molecule has 38 heavy (non-hydrogen) atoms. The number of alkyl halides is 2. The quantitative estimate of drug-likeness (QED) is 0.397. The Balaban J connectivity index is 1.53. The summed E-state index contributed by atoms with van der Waals surface area (Å²) in [4.78, 5) is 16.6. The number of nitrogens with one attached hydrogen (secondary N) is 2. The molecule has 5 heterocycles. The number of ether oxygens (including phenoxy) is 2. The van der Waals surface area contributed by atoms with Gasteiger partial charge in [-0.1, -0.05) is 0 Å². The number of hydrogen-bond donors (Lipinski definition) is 2. The van der Waals surface area contributed by atoms with Crippen LogP contribution in [0.2, 0.25) is 0 Å². The van der Waals surface area contributed by atoms with Crippen LogP contribution < -0.4 is 15.4 Å². The summed E-state index contributed by atoms with van der Waals surface area (Å²) in [5.74, 6) is -1.52. The van der Waals surface area contributed by atoms with Gasteiger partial charge in [-0.3, -0.25) is 9.48 Å². The van der Waals surface area contributed by atoms with Crippen LogP contribution in [0.15, 0.2) is 30.6 Å². The zero-order valence-electron chi connectivity index (χ0n) is 20.4. The van der Waals surface area contributed by atoms with Gasteiger partial charge in [0.1, 0.15) is 11.9 Å². The van der Waals surface area contributed by atoms with Crippen LogP contribution in [0.1, 0.15) is 34.5 Å². The molecule has 13 heteroatoms. The number of carbonyl (C=O) groups is 1. The topological polar surface area (TPSA) is 108 Å². The molecule has 1 amide bonds. The van der Waals surface area contributed by atoms with Crippen LogP contribution in [0.4, 0.5) is 13.2 Å². The van der Waals surface area contributed by atoms with E-state index in [0.29, 0.717) is 37.4 Å². The van der Waals surface area contributed by atoms with E-state index in [9.17, 15) is 13.6 Å². The lowest BCUT2D eigenvalue weighted by Crippen LogP contribution is -2.28. The molecule has 0 bridgehead atoms. The van der Waals surface area contributed by atoms with Crippen molar-refractivity contribution in [3.8, 4) is 28.3 Å². The molecule has 1 saturated heterocycles. The Morgan fingerprint density at radius 2 is 2.11 bits per heavy atom. The molecule has 2 aliphatic rings. The fourth-order valence-electron chi connectivity index (χ4n) is 4.80. The molecule has 1 aromatic carbocycles. The summed E-state index contributed by atoms with van der Waals surface area (Å²) in [7, 11) is 1.37. The van der Waals surface area contributed by atoms with Crippen molar-refractivity contribution in [1.82, 2.24) is 35.0 Å². The maximum absolute atomic E-state index is 15.3. The predicted octanol–water partition coefficient (Wildman–Crippen LogP) is 2.97. The molecule has 6 rings (SSSR count). The molecule has 0 spiro atoms. The predicted molar refractivity (Wildman–Crippen MR) is 130 cm³/mol. The van der Waals surface area contributed by atoms with Gasteiger partial charge in [0.25, 0.3) is 12.3 Å². The van der Waals surface area contributed by atoms with Crippen LogP contribution in [0.5, 0.6) is 5.88 Å². The Bertz CT molecular complexity index is 1530. The van der Waals surface area contributed by atoms with Gasteiger partial charge in [-0.15, -0.1) is 5.10 Å². The molecular formula is C25H24F3N7O3. The molecule has 0 aliphatic carbocycles. The molecular weight excluding hydrogens is 503 g/mol. The van der Waals surface area contributed by atoms with Crippen LogP contribution in [0, 0.1) is 5.82 Å². The smallest absolute Gasteiger partial charge is 0.266 e. The van der Waals surface area contributed by atoms with Gasteiger partial charge in [-0.2, -0.15) is 5.10 Å². The largest absolute Gasteiger partial charge is 0.470 e. The van der Waals surface area contributed by atoms with E-state index in [1.165, 1.54) is 23.8 Å². The van der Waals surface area contributed by atoms with E-state index in [4.69, 9.17) is 9.47 Å². The van der Waals surface area contributed by atoms with Crippen molar-refractivity contribution in [3.05, 3.63) is 53.2 Å². The van der Waals surface area contributed by atoms with Gasteiger partial charge >= 0.3 is 0 Å². The van der Waals surface area contributed by atoms with Crippen LogP contribution in [0.3, 0.4) is 0 Å². The minimum absolute atomic E-state index is 0.0999. The maximum atomic E-state index is 15.3. The summed E-state index contributed by atoms with van der Waals surface area (Å²) in [6.45, 7) is 3.08. The molecule has 10 nitrogen and oxygen atoms in total. The van der Waals surface area contributed by atoms with Crippen LogP contribution in [0.25, 0.3) is 28.0 Å². The number of hydrogen-bond acceptors (Lipinski definition) is 7. The third-order valence-corrected chi connectivity index (χ3v) is 6.76. The first kappa shape index (κ1) is 24.4. The van der Waals surface area contributed by atoms with Crippen molar-refractivity contribution in [1.29, 1.82) is 0 Å². The number of fused-ring (bicyclic) bond motifs is 2. The van der Waals surface area contributed by atoms with Crippen LogP contribution in [-0.4, -0.2) is 63.2 Å². The Morgan fingerprint density at radius 3 is 2.87 bits per heavy atom. The maximum Gasteiger partial charge on any atom is 0.266 e. The van der Waals surface area contributed by atoms with Gasteiger partial charge < -0.3 is 20.1 Å². The molecule has 1 atom stereocenters. The zero-order chi connectivity index (χ0) is 26.4. The SMILES string of the molecule is CNC(=O)c1cc(-c2cnc3cc(-c4cnn5c4CNCC5)c(OC4CCOC4)nn23)c(F)c(C(F)F)c1. The number of nitrogens with zero attached hydrogens (tertiary/aromatic N) is 5. The third kappa shape index (κ3) is 4.17. The van der Waals surface area contributed by atoms with E-state index in [1.807, 2.05) is 4.68 Å². The number of benzene rings is 1. The minimum Gasteiger partial charge on any atom is -0.470 e. The number of carbonyl (C=O) groups excluding carboxylic acids is 1. The highest BCUT2D eigenvalue weighted by Gasteiger charge is 2.27. The lowest BCUT2D eigenvalue weighted by Gasteiger charge is -2.18. The first-order valence-electron chi connectivity index (χ1n) is 12.2. The zero-order valence-corrected chi connectivity index (χ0v) is 20.4. The Kier molecular flexibility index (Phi) is 6.24. The lowest BCUT2D eigenvalue weighted by molar-refractivity contribution is 0.0962. The first-order chi connectivity index (χ1) is 18.4. The summed E-state index contributed by atoms with van der Waals surface area (Å²) >= 11 is 0. The minimum atomic E-state index is -3.12. The molecule has 1 unspecified atom stereocenters. The molecule has 3 aromatic heterocycles. The lowest BCUT2D eigenvalue weighted by atomic mass is 10.0.